The number of carbonyl (C=O) groups excluding carboxylic acids is 1. The van der Waals surface area contributed by atoms with Gasteiger partial charge in [0.2, 0.25) is 5.91 Å². The highest BCUT2D eigenvalue weighted by molar-refractivity contribution is 8.00. The third-order valence-electron chi connectivity index (χ3n) is 4.97. The molecule has 0 atom stereocenters. The van der Waals surface area contributed by atoms with E-state index in [0.717, 1.165) is 31.6 Å². The first kappa shape index (κ1) is 21.8. The zero-order chi connectivity index (χ0) is 21.0. The van der Waals surface area contributed by atoms with Gasteiger partial charge in [0.15, 0.2) is 0 Å². The standard InChI is InChI=1S/C20H26N4O3S2/c1-15-19(12-22-29(26,27)23(2)3)18-9-10-24(13-16(18)11-21-15)20(25)14-28-17-7-5-4-6-8-17/h4-8,11,22H,9-10,12-14H2,1-3H3. The molecule has 156 valence electrons. The zero-order valence-corrected chi connectivity index (χ0v) is 18.5. The predicted octanol–water partition coefficient (Wildman–Crippen LogP) is 1.96. The van der Waals surface area contributed by atoms with Gasteiger partial charge in [-0.2, -0.15) is 17.4 Å². The molecule has 1 aliphatic rings. The Hall–Kier alpha value is -1.94. The summed E-state index contributed by atoms with van der Waals surface area (Å²) in [7, 11) is -0.528. The molecule has 7 nitrogen and oxygen atoms in total. The zero-order valence-electron chi connectivity index (χ0n) is 16.9. The highest BCUT2D eigenvalue weighted by Crippen LogP contribution is 2.25. The quantitative estimate of drug-likeness (QED) is 0.674. The van der Waals surface area contributed by atoms with Crippen LogP contribution in [0, 0.1) is 6.92 Å². The summed E-state index contributed by atoms with van der Waals surface area (Å²) in [6.07, 6.45) is 2.50. The summed E-state index contributed by atoms with van der Waals surface area (Å²) in [5.41, 5.74) is 3.79. The van der Waals surface area contributed by atoms with Crippen LogP contribution in [0.15, 0.2) is 41.4 Å². The minimum absolute atomic E-state index is 0.0972. The summed E-state index contributed by atoms with van der Waals surface area (Å²) in [5, 5.41) is 0. The molecule has 0 bridgehead atoms. The highest BCUT2D eigenvalue weighted by atomic mass is 32.2. The van der Waals surface area contributed by atoms with Crippen molar-refractivity contribution >= 4 is 27.9 Å². The van der Waals surface area contributed by atoms with E-state index in [1.54, 1.807) is 6.20 Å². The van der Waals surface area contributed by atoms with Crippen LogP contribution >= 0.6 is 11.8 Å². The van der Waals surface area contributed by atoms with E-state index in [4.69, 9.17) is 0 Å². The largest absolute Gasteiger partial charge is 0.337 e. The van der Waals surface area contributed by atoms with E-state index in [9.17, 15) is 13.2 Å². The van der Waals surface area contributed by atoms with Gasteiger partial charge >= 0.3 is 0 Å². The van der Waals surface area contributed by atoms with Gasteiger partial charge in [-0.15, -0.1) is 11.8 Å². The minimum Gasteiger partial charge on any atom is -0.337 e. The Morgan fingerprint density at radius 3 is 2.69 bits per heavy atom. The number of nitrogens with zero attached hydrogens (tertiary/aromatic N) is 3. The van der Waals surface area contributed by atoms with Crippen LogP contribution in [0.25, 0.3) is 0 Å². The number of carbonyl (C=O) groups is 1. The first-order valence-electron chi connectivity index (χ1n) is 9.37. The molecule has 1 amide bonds. The van der Waals surface area contributed by atoms with Gasteiger partial charge in [-0.05, 0) is 42.2 Å². The van der Waals surface area contributed by atoms with Crippen molar-refractivity contribution in [3.63, 3.8) is 0 Å². The Kier molecular flexibility index (Phi) is 6.94. The lowest BCUT2D eigenvalue weighted by Gasteiger charge is -2.30. The molecular formula is C20H26N4O3S2. The maximum absolute atomic E-state index is 12.7. The van der Waals surface area contributed by atoms with Crippen molar-refractivity contribution in [3.05, 3.63) is 58.9 Å². The number of thioether (sulfide) groups is 1. The van der Waals surface area contributed by atoms with E-state index in [-0.39, 0.29) is 12.5 Å². The minimum atomic E-state index is -3.51. The summed E-state index contributed by atoms with van der Waals surface area (Å²) < 4.78 is 27.9. The maximum atomic E-state index is 12.7. The Labute approximate surface area is 176 Å². The van der Waals surface area contributed by atoms with E-state index in [0.29, 0.717) is 25.3 Å². The van der Waals surface area contributed by atoms with E-state index in [1.165, 1.54) is 25.9 Å². The SMILES string of the molecule is Cc1ncc2c(c1CNS(=O)(=O)N(C)C)CCN(C(=O)CSc1ccccc1)C2. The second-order valence-electron chi connectivity index (χ2n) is 7.10. The molecule has 2 heterocycles. The van der Waals surface area contributed by atoms with Crippen LogP contribution < -0.4 is 4.72 Å². The fourth-order valence-electron chi connectivity index (χ4n) is 3.21. The number of fused-ring (bicyclic) bond motifs is 1. The molecule has 0 aliphatic carbocycles. The fourth-order valence-corrected chi connectivity index (χ4v) is 4.62. The number of benzene rings is 1. The van der Waals surface area contributed by atoms with Gasteiger partial charge in [-0.25, -0.2) is 0 Å². The van der Waals surface area contributed by atoms with E-state index in [1.807, 2.05) is 42.2 Å². The number of hydrogen-bond acceptors (Lipinski definition) is 5. The van der Waals surface area contributed by atoms with Crippen molar-refractivity contribution in [2.24, 2.45) is 0 Å². The van der Waals surface area contributed by atoms with Gasteiger partial charge in [0.1, 0.15) is 0 Å². The van der Waals surface area contributed by atoms with Crippen molar-refractivity contribution in [1.29, 1.82) is 0 Å². The molecule has 3 rings (SSSR count). The second kappa shape index (κ2) is 9.25. The monoisotopic (exact) mass is 434 g/mol. The molecule has 29 heavy (non-hydrogen) atoms. The number of hydrogen-bond donors (Lipinski definition) is 1. The van der Waals surface area contributed by atoms with Gasteiger partial charge in [0, 0.05) is 50.5 Å². The third-order valence-corrected chi connectivity index (χ3v) is 7.43. The molecule has 0 spiro atoms. The molecule has 1 aliphatic heterocycles. The smallest absolute Gasteiger partial charge is 0.279 e. The molecule has 1 N–H and O–H groups in total. The average Bonchev–Trinajstić information content (AvgIpc) is 2.71. The average molecular weight is 435 g/mol. The van der Waals surface area contributed by atoms with E-state index < -0.39 is 10.2 Å². The lowest BCUT2D eigenvalue weighted by Crippen LogP contribution is -2.39. The number of rotatable bonds is 7. The van der Waals surface area contributed by atoms with Gasteiger partial charge < -0.3 is 4.90 Å². The van der Waals surface area contributed by atoms with Gasteiger partial charge in [0.25, 0.3) is 10.2 Å². The number of amides is 1. The molecule has 0 fully saturated rings. The van der Waals surface area contributed by atoms with Gasteiger partial charge in [-0.1, -0.05) is 18.2 Å². The number of aryl methyl sites for hydroxylation is 1. The van der Waals surface area contributed by atoms with Crippen LogP contribution in [-0.2, 0) is 34.5 Å². The molecule has 2 aromatic rings. The normalized spacial score (nSPS) is 14.1. The Morgan fingerprint density at radius 1 is 1.28 bits per heavy atom. The van der Waals surface area contributed by atoms with Crippen LogP contribution in [-0.4, -0.2) is 54.9 Å². The predicted molar refractivity (Wildman–Crippen MR) is 115 cm³/mol. The Balaban J connectivity index is 1.68. The van der Waals surface area contributed by atoms with Crippen molar-refractivity contribution in [1.82, 2.24) is 18.9 Å². The fraction of sp³-hybridized carbons (Fsp3) is 0.400. The van der Waals surface area contributed by atoms with Crippen molar-refractivity contribution in [3.8, 4) is 0 Å². The van der Waals surface area contributed by atoms with Crippen LogP contribution in [0.1, 0.15) is 22.4 Å². The summed E-state index contributed by atoms with van der Waals surface area (Å²) in [6.45, 7) is 3.20. The van der Waals surface area contributed by atoms with Crippen LogP contribution in [0.4, 0.5) is 0 Å². The summed E-state index contributed by atoms with van der Waals surface area (Å²) in [5.74, 6) is 0.494. The third kappa shape index (κ3) is 5.36. The molecular weight excluding hydrogens is 408 g/mol. The van der Waals surface area contributed by atoms with E-state index in [2.05, 4.69) is 9.71 Å². The molecule has 0 saturated carbocycles. The lowest BCUT2D eigenvalue weighted by atomic mass is 9.95. The molecule has 1 aromatic carbocycles. The molecule has 0 unspecified atom stereocenters. The van der Waals surface area contributed by atoms with Crippen LogP contribution in [0.2, 0.25) is 0 Å². The molecule has 9 heteroatoms. The molecule has 1 aromatic heterocycles. The highest BCUT2D eigenvalue weighted by Gasteiger charge is 2.24. The van der Waals surface area contributed by atoms with Crippen molar-refractivity contribution in [2.75, 3.05) is 26.4 Å². The first-order chi connectivity index (χ1) is 13.8. The topological polar surface area (TPSA) is 82.6 Å². The van der Waals surface area contributed by atoms with Crippen LogP contribution in [0.3, 0.4) is 0 Å². The number of nitrogens with one attached hydrogen (secondary N) is 1. The number of aromatic nitrogens is 1. The van der Waals surface area contributed by atoms with E-state index >= 15 is 0 Å². The summed E-state index contributed by atoms with van der Waals surface area (Å²) >= 11 is 1.53. The first-order valence-corrected chi connectivity index (χ1v) is 11.8. The number of pyridine rings is 1. The second-order valence-corrected chi connectivity index (χ2v) is 10.1. The van der Waals surface area contributed by atoms with Crippen molar-refractivity contribution in [2.45, 2.75) is 31.3 Å². The lowest BCUT2D eigenvalue weighted by molar-refractivity contribution is -0.129. The molecule has 0 radical (unpaired) electrons. The Morgan fingerprint density at radius 2 is 2.00 bits per heavy atom. The van der Waals surface area contributed by atoms with Gasteiger partial charge in [0.05, 0.1) is 5.75 Å². The Bertz CT molecular complexity index is 979. The van der Waals surface area contributed by atoms with Crippen molar-refractivity contribution < 1.29 is 13.2 Å². The van der Waals surface area contributed by atoms with Gasteiger partial charge in [-0.3, -0.25) is 9.78 Å². The maximum Gasteiger partial charge on any atom is 0.279 e. The van der Waals surface area contributed by atoms with Crippen LogP contribution in [0.5, 0.6) is 0 Å². The molecule has 0 saturated heterocycles. The summed E-state index contributed by atoms with van der Waals surface area (Å²) in [4.78, 5) is 20.0. The summed E-state index contributed by atoms with van der Waals surface area (Å²) in [6, 6.07) is 9.88.